The Morgan fingerprint density at radius 3 is 2.48 bits per heavy atom. The van der Waals surface area contributed by atoms with E-state index >= 15 is 0 Å². The summed E-state index contributed by atoms with van der Waals surface area (Å²) < 4.78 is 7.90. The SMILES string of the molecule is CCC(CC)n1c(-c2ccc(Cl)cc2Cl)nc2c1CCN(C(=O)OCc1ccccc1)CC2. The summed E-state index contributed by atoms with van der Waals surface area (Å²) in [6.45, 7) is 5.84. The van der Waals surface area contributed by atoms with Gasteiger partial charge in [-0.25, -0.2) is 9.78 Å². The van der Waals surface area contributed by atoms with Crippen molar-refractivity contribution in [1.82, 2.24) is 14.5 Å². The molecule has 0 fully saturated rings. The van der Waals surface area contributed by atoms with Crippen molar-refractivity contribution in [2.24, 2.45) is 0 Å². The standard InChI is InChI=1S/C26H29Cl2N3O2/c1-3-20(4-2)31-24-13-15-30(26(32)33-17-18-8-6-5-7-9-18)14-12-23(24)29-25(31)21-11-10-19(27)16-22(21)28/h5-11,16,20H,3-4,12-15,17H2,1-2H3. The quantitative estimate of drug-likeness (QED) is 0.379. The zero-order valence-electron chi connectivity index (χ0n) is 19.1. The summed E-state index contributed by atoms with van der Waals surface area (Å²) in [5.41, 5.74) is 4.08. The number of fused-ring (bicyclic) bond motifs is 1. The van der Waals surface area contributed by atoms with Crippen LogP contribution in [0.1, 0.15) is 49.7 Å². The van der Waals surface area contributed by atoms with Gasteiger partial charge in [-0.2, -0.15) is 0 Å². The van der Waals surface area contributed by atoms with Crippen LogP contribution in [0, 0.1) is 0 Å². The molecule has 0 N–H and O–H groups in total. The van der Waals surface area contributed by atoms with Crippen molar-refractivity contribution in [3.05, 3.63) is 75.5 Å². The maximum atomic E-state index is 12.7. The number of imidazole rings is 1. The molecular formula is C26H29Cl2N3O2. The maximum Gasteiger partial charge on any atom is 0.410 e. The Kier molecular flexibility index (Phi) is 7.61. The van der Waals surface area contributed by atoms with Crippen molar-refractivity contribution in [2.75, 3.05) is 13.1 Å². The highest BCUT2D eigenvalue weighted by atomic mass is 35.5. The normalized spacial score (nSPS) is 13.7. The number of hydrogen-bond donors (Lipinski definition) is 0. The van der Waals surface area contributed by atoms with Gasteiger partial charge in [-0.3, -0.25) is 0 Å². The fourth-order valence-electron chi connectivity index (χ4n) is 4.47. The van der Waals surface area contributed by atoms with E-state index in [-0.39, 0.29) is 12.7 Å². The molecule has 0 radical (unpaired) electrons. The van der Waals surface area contributed by atoms with Crippen LogP contribution in [-0.2, 0) is 24.2 Å². The van der Waals surface area contributed by atoms with Gasteiger partial charge in [-0.15, -0.1) is 0 Å². The van der Waals surface area contributed by atoms with Gasteiger partial charge in [0.25, 0.3) is 0 Å². The average Bonchev–Trinajstić information content (AvgIpc) is 3.03. The monoisotopic (exact) mass is 485 g/mol. The molecule has 1 amide bonds. The number of benzene rings is 2. The summed E-state index contributed by atoms with van der Waals surface area (Å²) in [5, 5.41) is 1.21. The molecule has 2 heterocycles. The molecule has 0 aliphatic carbocycles. The van der Waals surface area contributed by atoms with E-state index in [0.29, 0.717) is 35.6 Å². The summed E-state index contributed by atoms with van der Waals surface area (Å²) in [5.74, 6) is 0.885. The highest BCUT2D eigenvalue weighted by Crippen LogP contribution is 2.36. The van der Waals surface area contributed by atoms with Crippen LogP contribution in [0.25, 0.3) is 11.4 Å². The number of carbonyl (C=O) groups is 1. The topological polar surface area (TPSA) is 47.4 Å². The zero-order valence-corrected chi connectivity index (χ0v) is 20.6. The van der Waals surface area contributed by atoms with Crippen molar-refractivity contribution < 1.29 is 9.53 Å². The Morgan fingerprint density at radius 2 is 1.79 bits per heavy atom. The van der Waals surface area contributed by atoms with Crippen molar-refractivity contribution >= 4 is 29.3 Å². The first-order valence-corrected chi connectivity index (χ1v) is 12.3. The molecule has 0 unspecified atom stereocenters. The Labute approximate surface area is 205 Å². The minimum absolute atomic E-state index is 0.278. The average molecular weight is 486 g/mol. The summed E-state index contributed by atoms with van der Waals surface area (Å²) in [6, 6.07) is 15.6. The van der Waals surface area contributed by atoms with Crippen LogP contribution in [0.5, 0.6) is 0 Å². The second-order valence-electron chi connectivity index (χ2n) is 8.32. The van der Waals surface area contributed by atoms with Gasteiger partial charge in [0.1, 0.15) is 12.4 Å². The first kappa shape index (κ1) is 23.7. The summed E-state index contributed by atoms with van der Waals surface area (Å²) in [6.07, 6.45) is 3.10. The van der Waals surface area contributed by atoms with Gasteiger partial charge < -0.3 is 14.2 Å². The second kappa shape index (κ2) is 10.6. The largest absolute Gasteiger partial charge is 0.445 e. The van der Waals surface area contributed by atoms with Crippen LogP contribution in [0.2, 0.25) is 10.0 Å². The van der Waals surface area contributed by atoms with E-state index in [1.54, 1.807) is 11.0 Å². The van der Waals surface area contributed by atoms with Gasteiger partial charge in [0.15, 0.2) is 0 Å². The van der Waals surface area contributed by atoms with E-state index in [9.17, 15) is 4.79 Å². The molecule has 4 rings (SSSR count). The number of hydrogen-bond acceptors (Lipinski definition) is 3. The molecule has 33 heavy (non-hydrogen) atoms. The zero-order chi connectivity index (χ0) is 23.4. The fraction of sp³-hybridized carbons (Fsp3) is 0.385. The molecule has 1 aromatic heterocycles. The lowest BCUT2D eigenvalue weighted by molar-refractivity contribution is 0.0976. The Hall–Kier alpha value is -2.50. The molecule has 7 heteroatoms. The summed E-state index contributed by atoms with van der Waals surface area (Å²) in [7, 11) is 0. The molecule has 0 saturated heterocycles. The van der Waals surface area contributed by atoms with Gasteiger partial charge in [-0.1, -0.05) is 67.4 Å². The molecule has 3 aromatic rings. The van der Waals surface area contributed by atoms with Crippen molar-refractivity contribution in [3.8, 4) is 11.4 Å². The third kappa shape index (κ3) is 5.20. The van der Waals surface area contributed by atoms with Crippen LogP contribution >= 0.6 is 23.2 Å². The summed E-state index contributed by atoms with van der Waals surface area (Å²) >= 11 is 12.7. The third-order valence-corrected chi connectivity index (χ3v) is 6.82. The number of amides is 1. The minimum Gasteiger partial charge on any atom is -0.445 e. The van der Waals surface area contributed by atoms with Gasteiger partial charge in [0.05, 0.1) is 10.7 Å². The van der Waals surface area contributed by atoms with Crippen LogP contribution in [0.4, 0.5) is 4.79 Å². The molecule has 5 nitrogen and oxygen atoms in total. The Morgan fingerprint density at radius 1 is 1.06 bits per heavy atom. The molecular weight excluding hydrogens is 457 g/mol. The molecule has 0 bridgehead atoms. The van der Waals surface area contributed by atoms with E-state index in [1.165, 1.54) is 5.69 Å². The Balaban J connectivity index is 1.57. The predicted molar refractivity (Wildman–Crippen MR) is 133 cm³/mol. The van der Waals surface area contributed by atoms with Crippen molar-refractivity contribution in [2.45, 2.75) is 52.2 Å². The summed E-state index contributed by atoms with van der Waals surface area (Å²) in [4.78, 5) is 19.6. The second-order valence-corrected chi connectivity index (χ2v) is 9.16. The van der Waals surface area contributed by atoms with E-state index < -0.39 is 0 Å². The van der Waals surface area contributed by atoms with Crippen LogP contribution < -0.4 is 0 Å². The lowest BCUT2D eigenvalue weighted by Crippen LogP contribution is -2.34. The number of rotatable bonds is 6. The lowest BCUT2D eigenvalue weighted by atomic mass is 10.1. The molecule has 174 valence electrons. The van der Waals surface area contributed by atoms with Crippen LogP contribution in [0.15, 0.2) is 48.5 Å². The van der Waals surface area contributed by atoms with E-state index in [0.717, 1.165) is 41.9 Å². The van der Waals surface area contributed by atoms with E-state index in [4.69, 9.17) is 32.9 Å². The molecule has 2 aromatic carbocycles. The molecule has 1 aliphatic rings. The van der Waals surface area contributed by atoms with Gasteiger partial charge in [0, 0.05) is 48.3 Å². The molecule has 0 saturated carbocycles. The number of halogens is 2. The number of nitrogens with zero attached hydrogens (tertiary/aromatic N) is 3. The molecule has 1 aliphatic heterocycles. The molecule has 0 spiro atoms. The highest BCUT2D eigenvalue weighted by Gasteiger charge is 2.28. The van der Waals surface area contributed by atoms with Gasteiger partial charge >= 0.3 is 6.09 Å². The third-order valence-electron chi connectivity index (χ3n) is 6.27. The first-order valence-electron chi connectivity index (χ1n) is 11.5. The number of ether oxygens (including phenoxy) is 1. The van der Waals surface area contributed by atoms with Gasteiger partial charge in [0.2, 0.25) is 0 Å². The highest BCUT2D eigenvalue weighted by molar-refractivity contribution is 6.36. The minimum atomic E-state index is -0.279. The maximum absolute atomic E-state index is 12.7. The van der Waals surface area contributed by atoms with E-state index in [2.05, 4.69) is 18.4 Å². The number of aromatic nitrogens is 2. The predicted octanol–water partition coefficient (Wildman–Crippen LogP) is 6.96. The van der Waals surface area contributed by atoms with E-state index in [1.807, 2.05) is 42.5 Å². The van der Waals surface area contributed by atoms with Gasteiger partial charge in [-0.05, 0) is 36.6 Å². The first-order chi connectivity index (χ1) is 16.0. The molecule has 0 atom stereocenters. The Bertz CT molecular complexity index is 1110. The van der Waals surface area contributed by atoms with Crippen molar-refractivity contribution in [3.63, 3.8) is 0 Å². The van der Waals surface area contributed by atoms with Crippen LogP contribution in [-0.4, -0.2) is 33.6 Å². The lowest BCUT2D eigenvalue weighted by Gasteiger charge is -2.23. The van der Waals surface area contributed by atoms with Crippen LogP contribution in [0.3, 0.4) is 0 Å². The van der Waals surface area contributed by atoms with Crippen molar-refractivity contribution in [1.29, 1.82) is 0 Å². The smallest absolute Gasteiger partial charge is 0.410 e. The number of carbonyl (C=O) groups excluding carboxylic acids is 1. The fourth-order valence-corrected chi connectivity index (χ4v) is 4.97.